The van der Waals surface area contributed by atoms with Crippen LogP contribution in [0.25, 0.3) is 10.8 Å². The van der Waals surface area contributed by atoms with Gasteiger partial charge in [0, 0.05) is 34.6 Å². The van der Waals surface area contributed by atoms with Crippen molar-refractivity contribution in [1.29, 1.82) is 0 Å². The van der Waals surface area contributed by atoms with E-state index in [2.05, 4.69) is 10.3 Å². The molecule has 0 radical (unpaired) electrons. The molecule has 0 saturated carbocycles. The largest absolute Gasteiger partial charge is 0.438 e. The van der Waals surface area contributed by atoms with Crippen molar-refractivity contribution in [3.05, 3.63) is 65.3 Å². The number of hydrogen-bond donors (Lipinski definition) is 1. The van der Waals surface area contributed by atoms with Gasteiger partial charge in [0.25, 0.3) is 0 Å². The maximum absolute atomic E-state index is 6.22. The minimum atomic E-state index is 0.579. The van der Waals surface area contributed by atoms with Gasteiger partial charge in [0.2, 0.25) is 5.88 Å². The number of halogens is 1. The van der Waals surface area contributed by atoms with E-state index in [0.29, 0.717) is 5.88 Å². The van der Waals surface area contributed by atoms with Crippen molar-refractivity contribution < 1.29 is 4.74 Å². The molecule has 0 fully saturated rings. The van der Waals surface area contributed by atoms with Gasteiger partial charge in [0.05, 0.1) is 0 Å². The molecule has 3 rings (SSSR count). The molecule has 0 unspecified atom stereocenters. The summed E-state index contributed by atoms with van der Waals surface area (Å²) < 4.78 is 5.94. The standard InChI is InChI=1S/C17H15ClN2O/c1-19-11-12-8-9-20-17(10-12)21-16-7-6-15(18)13-4-2-3-5-14(13)16/h2-10,19H,11H2,1H3. The summed E-state index contributed by atoms with van der Waals surface area (Å²) in [6, 6.07) is 15.5. The monoisotopic (exact) mass is 298 g/mol. The van der Waals surface area contributed by atoms with Crippen molar-refractivity contribution in [2.24, 2.45) is 0 Å². The van der Waals surface area contributed by atoms with Crippen LogP contribution in [0.15, 0.2) is 54.7 Å². The number of fused-ring (bicyclic) bond motifs is 1. The average molecular weight is 299 g/mol. The fourth-order valence-corrected chi connectivity index (χ4v) is 2.48. The SMILES string of the molecule is CNCc1ccnc(Oc2ccc(Cl)c3ccccc23)c1. The van der Waals surface area contributed by atoms with Gasteiger partial charge in [0.15, 0.2) is 0 Å². The Morgan fingerprint density at radius 2 is 1.90 bits per heavy atom. The number of pyridine rings is 1. The highest BCUT2D eigenvalue weighted by atomic mass is 35.5. The lowest BCUT2D eigenvalue weighted by molar-refractivity contribution is 0.467. The molecule has 3 nitrogen and oxygen atoms in total. The van der Waals surface area contributed by atoms with E-state index in [1.54, 1.807) is 6.20 Å². The van der Waals surface area contributed by atoms with E-state index >= 15 is 0 Å². The van der Waals surface area contributed by atoms with Crippen LogP contribution in [0, 0.1) is 0 Å². The molecule has 4 heteroatoms. The molecule has 0 bridgehead atoms. The highest BCUT2D eigenvalue weighted by Gasteiger charge is 2.07. The van der Waals surface area contributed by atoms with Crippen LogP contribution in [0.1, 0.15) is 5.56 Å². The van der Waals surface area contributed by atoms with Crippen molar-refractivity contribution in [1.82, 2.24) is 10.3 Å². The third-order valence-corrected chi connectivity index (χ3v) is 3.56. The highest BCUT2D eigenvalue weighted by molar-refractivity contribution is 6.35. The Kier molecular flexibility index (Phi) is 4.04. The Morgan fingerprint density at radius 3 is 2.71 bits per heavy atom. The summed E-state index contributed by atoms with van der Waals surface area (Å²) in [4.78, 5) is 4.26. The smallest absolute Gasteiger partial charge is 0.219 e. The number of benzene rings is 2. The van der Waals surface area contributed by atoms with Crippen LogP contribution in [-0.2, 0) is 6.54 Å². The van der Waals surface area contributed by atoms with E-state index in [1.807, 2.05) is 55.6 Å². The van der Waals surface area contributed by atoms with Crippen LogP contribution >= 0.6 is 11.6 Å². The summed E-state index contributed by atoms with van der Waals surface area (Å²) in [5, 5.41) is 5.78. The van der Waals surface area contributed by atoms with Gasteiger partial charge in [-0.1, -0.05) is 35.9 Å². The summed E-state index contributed by atoms with van der Waals surface area (Å²) in [6.45, 7) is 0.778. The van der Waals surface area contributed by atoms with E-state index in [1.165, 1.54) is 0 Å². The van der Waals surface area contributed by atoms with Crippen LogP contribution in [0.3, 0.4) is 0 Å². The topological polar surface area (TPSA) is 34.2 Å². The summed E-state index contributed by atoms with van der Waals surface area (Å²) in [5.74, 6) is 1.33. The van der Waals surface area contributed by atoms with Crippen LogP contribution in [-0.4, -0.2) is 12.0 Å². The van der Waals surface area contributed by atoms with E-state index in [9.17, 15) is 0 Å². The minimum absolute atomic E-state index is 0.579. The zero-order valence-electron chi connectivity index (χ0n) is 11.6. The lowest BCUT2D eigenvalue weighted by Crippen LogP contribution is -2.05. The lowest BCUT2D eigenvalue weighted by Gasteiger charge is -2.10. The van der Waals surface area contributed by atoms with Gasteiger partial charge in [0.1, 0.15) is 5.75 Å². The van der Waals surface area contributed by atoms with Gasteiger partial charge in [-0.3, -0.25) is 0 Å². The molecule has 0 saturated heterocycles. The van der Waals surface area contributed by atoms with E-state index in [-0.39, 0.29) is 0 Å². The maximum atomic E-state index is 6.22. The quantitative estimate of drug-likeness (QED) is 0.775. The maximum Gasteiger partial charge on any atom is 0.219 e. The Bertz CT molecular complexity index is 774. The molecule has 1 heterocycles. The molecular formula is C17H15ClN2O. The van der Waals surface area contributed by atoms with Gasteiger partial charge in [-0.05, 0) is 30.8 Å². The van der Waals surface area contributed by atoms with Crippen LogP contribution in [0.5, 0.6) is 11.6 Å². The van der Waals surface area contributed by atoms with Crippen molar-refractivity contribution in [2.45, 2.75) is 6.54 Å². The Morgan fingerprint density at radius 1 is 1.10 bits per heavy atom. The van der Waals surface area contributed by atoms with E-state index in [4.69, 9.17) is 16.3 Å². The molecule has 0 amide bonds. The van der Waals surface area contributed by atoms with Crippen molar-refractivity contribution in [3.63, 3.8) is 0 Å². The van der Waals surface area contributed by atoms with Gasteiger partial charge >= 0.3 is 0 Å². The first-order chi connectivity index (χ1) is 10.3. The first kappa shape index (κ1) is 13.9. The van der Waals surface area contributed by atoms with Crippen LogP contribution < -0.4 is 10.1 Å². The predicted molar refractivity (Wildman–Crippen MR) is 86.0 cm³/mol. The lowest BCUT2D eigenvalue weighted by atomic mass is 10.1. The first-order valence-electron chi connectivity index (χ1n) is 6.72. The Balaban J connectivity index is 1.98. The second kappa shape index (κ2) is 6.12. The molecule has 3 aromatic rings. The van der Waals surface area contributed by atoms with Gasteiger partial charge in [-0.25, -0.2) is 4.98 Å². The van der Waals surface area contributed by atoms with Crippen LogP contribution in [0.4, 0.5) is 0 Å². The molecule has 1 N–H and O–H groups in total. The number of nitrogens with zero attached hydrogens (tertiary/aromatic N) is 1. The van der Waals surface area contributed by atoms with Gasteiger partial charge < -0.3 is 10.1 Å². The average Bonchev–Trinajstić information content (AvgIpc) is 2.51. The zero-order valence-corrected chi connectivity index (χ0v) is 12.4. The number of rotatable bonds is 4. The zero-order chi connectivity index (χ0) is 14.7. The third kappa shape index (κ3) is 2.99. The summed E-state index contributed by atoms with van der Waals surface area (Å²) in [7, 11) is 1.91. The molecule has 0 spiro atoms. The Labute approximate surface area is 128 Å². The number of hydrogen-bond acceptors (Lipinski definition) is 3. The fourth-order valence-electron chi connectivity index (χ4n) is 2.26. The molecule has 0 aliphatic rings. The van der Waals surface area contributed by atoms with Crippen molar-refractivity contribution in [2.75, 3.05) is 7.05 Å². The third-order valence-electron chi connectivity index (χ3n) is 3.23. The normalized spacial score (nSPS) is 10.8. The van der Waals surface area contributed by atoms with E-state index < -0.39 is 0 Å². The predicted octanol–water partition coefficient (Wildman–Crippen LogP) is 4.40. The fraction of sp³-hybridized carbons (Fsp3) is 0.118. The van der Waals surface area contributed by atoms with Gasteiger partial charge in [-0.15, -0.1) is 0 Å². The summed E-state index contributed by atoms with van der Waals surface area (Å²) in [5.41, 5.74) is 1.13. The second-order valence-corrected chi connectivity index (χ2v) is 5.13. The summed E-state index contributed by atoms with van der Waals surface area (Å²) in [6.07, 6.45) is 1.75. The van der Waals surface area contributed by atoms with E-state index in [0.717, 1.165) is 33.7 Å². The molecule has 2 aromatic carbocycles. The highest BCUT2D eigenvalue weighted by Crippen LogP contribution is 2.33. The van der Waals surface area contributed by atoms with Crippen molar-refractivity contribution in [3.8, 4) is 11.6 Å². The summed E-state index contributed by atoms with van der Waals surface area (Å²) >= 11 is 6.22. The molecule has 0 atom stereocenters. The molecule has 21 heavy (non-hydrogen) atoms. The van der Waals surface area contributed by atoms with Crippen LogP contribution in [0.2, 0.25) is 5.02 Å². The minimum Gasteiger partial charge on any atom is -0.438 e. The Hall–Kier alpha value is -2.10. The van der Waals surface area contributed by atoms with Gasteiger partial charge in [-0.2, -0.15) is 0 Å². The molecule has 0 aliphatic heterocycles. The second-order valence-electron chi connectivity index (χ2n) is 4.73. The van der Waals surface area contributed by atoms with Crippen molar-refractivity contribution >= 4 is 22.4 Å². The molecular weight excluding hydrogens is 284 g/mol. The number of nitrogens with one attached hydrogen (secondary N) is 1. The number of ether oxygens (including phenoxy) is 1. The molecule has 1 aromatic heterocycles. The molecule has 0 aliphatic carbocycles. The molecule has 106 valence electrons. The first-order valence-corrected chi connectivity index (χ1v) is 7.10. The number of aromatic nitrogens is 1.